The van der Waals surface area contributed by atoms with E-state index in [4.69, 9.17) is 4.74 Å². The Hall–Kier alpha value is -1.53. The topological polar surface area (TPSA) is 101 Å². The van der Waals surface area contributed by atoms with Gasteiger partial charge in [-0.3, -0.25) is 14.4 Å². The molecule has 0 aromatic rings. The lowest BCUT2D eigenvalue weighted by Crippen LogP contribution is -2.58. The molecule has 7 unspecified atom stereocenters. The van der Waals surface area contributed by atoms with Crippen LogP contribution in [0.4, 0.5) is 0 Å². The molecular weight excluding hydrogens is 384 g/mol. The third-order valence-electron chi connectivity index (χ3n) is 8.69. The molecule has 0 spiro atoms. The van der Waals surface area contributed by atoms with Crippen molar-refractivity contribution in [3.63, 3.8) is 0 Å². The Labute approximate surface area is 178 Å². The monoisotopic (exact) mass is 418 g/mol. The number of rotatable bonds is 5. The Bertz CT molecular complexity index is 772. The number of hydrogen-bond donors (Lipinski definition) is 2. The zero-order chi connectivity index (χ0) is 21.7. The number of carbonyl (C=O) groups is 3. The first-order chi connectivity index (χ1) is 14.3. The van der Waals surface area contributed by atoms with Crippen LogP contribution in [0.5, 0.6) is 0 Å². The fourth-order valence-corrected chi connectivity index (χ4v) is 7.40. The fourth-order valence-electron chi connectivity index (χ4n) is 7.40. The summed E-state index contributed by atoms with van der Waals surface area (Å²) >= 11 is 0. The van der Waals surface area contributed by atoms with Gasteiger partial charge in [0.25, 0.3) is 0 Å². The number of Topliss-reactive ketones (excluding diaryl/α,β-unsaturated/α-hetero) is 1. The van der Waals surface area contributed by atoms with Crippen molar-refractivity contribution in [1.29, 1.82) is 0 Å². The molecule has 0 bridgehead atoms. The molecular formula is C24H34O6. The van der Waals surface area contributed by atoms with Crippen LogP contribution in [0.25, 0.3) is 0 Å². The smallest absolute Gasteiger partial charge is 0.306 e. The lowest BCUT2D eigenvalue weighted by molar-refractivity contribution is -0.183. The molecule has 4 aliphatic rings. The van der Waals surface area contributed by atoms with E-state index < -0.39 is 30.1 Å². The number of ether oxygens (including phenoxy) is 1. The number of ketones is 2. The molecule has 7 atom stereocenters. The molecule has 0 aromatic heterocycles. The molecule has 0 radical (unpaired) electrons. The van der Waals surface area contributed by atoms with E-state index in [1.165, 1.54) is 5.57 Å². The quantitative estimate of drug-likeness (QED) is 0.666. The minimum atomic E-state index is -1.31. The number of fused-ring (bicyclic) bond motifs is 5. The molecule has 2 N–H and O–H groups in total. The van der Waals surface area contributed by atoms with Crippen LogP contribution < -0.4 is 0 Å². The molecule has 3 fully saturated rings. The molecule has 3 saturated carbocycles. The summed E-state index contributed by atoms with van der Waals surface area (Å²) in [5, 5.41) is 21.0. The van der Waals surface area contributed by atoms with E-state index in [2.05, 4.69) is 6.92 Å². The summed E-state index contributed by atoms with van der Waals surface area (Å²) < 4.78 is 5.82. The first kappa shape index (κ1) is 21.7. The molecule has 0 aliphatic heterocycles. The average molecular weight is 419 g/mol. The Morgan fingerprint density at radius 1 is 1.20 bits per heavy atom. The van der Waals surface area contributed by atoms with Crippen LogP contribution in [0.3, 0.4) is 0 Å². The van der Waals surface area contributed by atoms with Crippen molar-refractivity contribution < 1.29 is 29.3 Å². The maximum Gasteiger partial charge on any atom is 0.306 e. The molecule has 6 nitrogen and oxygen atoms in total. The highest BCUT2D eigenvalue weighted by Crippen LogP contribution is 2.63. The summed E-state index contributed by atoms with van der Waals surface area (Å²) in [4.78, 5) is 37.2. The van der Waals surface area contributed by atoms with Gasteiger partial charge in [0.1, 0.15) is 6.61 Å². The Balaban J connectivity index is 1.66. The van der Waals surface area contributed by atoms with Gasteiger partial charge >= 0.3 is 5.97 Å². The molecule has 30 heavy (non-hydrogen) atoms. The number of aliphatic hydroxyl groups excluding tert-OH is 2. The van der Waals surface area contributed by atoms with Crippen molar-refractivity contribution in [3.05, 3.63) is 11.6 Å². The van der Waals surface area contributed by atoms with Crippen molar-refractivity contribution >= 4 is 17.5 Å². The van der Waals surface area contributed by atoms with Gasteiger partial charge in [-0.15, -0.1) is 0 Å². The molecule has 0 amide bonds. The van der Waals surface area contributed by atoms with E-state index in [9.17, 15) is 24.6 Å². The summed E-state index contributed by atoms with van der Waals surface area (Å²) in [5.41, 5.74) is -0.327. The second kappa shape index (κ2) is 7.86. The molecule has 4 aliphatic carbocycles. The van der Waals surface area contributed by atoms with Crippen molar-refractivity contribution in [2.45, 2.75) is 83.3 Å². The number of hydrogen-bond acceptors (Lipinski definition) is 6. The first-order valence-electron chi connectivity index (χ1n) is 11.5. The minimum Gasteiger partial charge on any atom is -0.451 e. The summed E-state index contributed by atoms with van der Waals surface area (Å²) in [6.45, 7) is 3.42. The van der Waals surface area contributed by atoms with Gasteiger partial charge < -0.3 is 14.9 Å². The minimum absolute atomic E-state index is 0.0539. The van der Waals surface area contributed by atoms with Gasteiger partial charge in [0.05, 0.1) is 6.10 Å². The number of aliphatic hydroxyl groups is 2. The van der Waals surface area contributed by atoms with E-state index >= 15 is 0 Å². The highest BCUT2D eigenvalue weighted by atomic mass is 16.6. The van der Waals surface area contributed by atoms with Gasteiger partial charge in [0, 0.05) is 18.8 Å². The van der Waals surface area contributed by atoms with E-state index in [0.29, 0.717) is 25.7 Å². The molecule has 6 heteroatoms. The van der Waals surface area contributed by atoms with Crippen LogP contribution in [0.15, 0.2) is 11.6 Å². The van der Waals surface area contributed by atoms with Gasteiger partial charge in [-0.05, 0) is 74.2 Å². The van der Waals surface area contributed by atoms with Gasteiger partial charge in [-0.25, -0.2) is 0 Å². The summed E-state index contributed by atoms with van der Waals surface area (Å²) in [6.07, 6.45) is 6.65. The van der Waals surface area contributed by atoms with E-state index in [-0.39, 0.29) is 41.3 Å². The zero-order valence-electron chi connectivity index (χ0n) is 18.1. The maximum absolute atomic E-state index is 12.9. The van der Waals surface area contributed by atoms with E-state index in [1.54, 1.807) is 6.08 Å². The van der Waals surface area contributed by atoms with Gasteiger partial charge in [0.15, 0.2) is 11.4 Å². The van der Waals surface area contributed by atoms with Crippen LogP contribution in [0, 0.1) is 29.1 Å². The highest BCUT2D eigenvalue weighted by molar-refractivity contribution is 5.92. The summed E-state index contributed by atoms with van der Waals surface area (Å²) in [6, 6.07) is 0. The number of carbonyl (C=O) groups excluding carboxylic acids is 3. The largest absolute Gasteiger partial charge is 0.451 e. The summed E-state index contributed by atoms with van der Waals surface area (Å²) in [7, 11) is 0. The predicted molar refractivity (Wildman–Crippen MR) is 109 cm³/mol. The standard InChI is InChI=1S/C24H34O6/c1-3-4-21(29)30-24(20(28)13-25)10-8-16-17-6-5-14-11-15(26)7-9-23(14,2)22(17)19(27)12-18(16)24/h11,16-19,22,25,27H,3-10,12-13H2,1-2H3. The maximum atomic E-state index is 12.9. The molecule has 0 heterocycles. The lowest BCUT2D eigenvalue weighted by Gasteiger charge is -2.57. The second-order valence-corrected chi connectivity index (χ2v) is 10.1. The SMILES string of the molecule is CCCC(=O)OC1(C(=O)CO)CCC2C3CCC4=CC(=O)CCC4(C)C3C(O)CC21. The molecule has 0 aromatic carbocycles. The fraction of sp³-hybridized carbons (Fsp3) is 0.792. The molecule has 166 valence electrons. The molecule has 0 saturated heterocycles. The van der Waals surface area contributed by atoms with Crippen LogP contribution in [-0.4, -0.2) is 46.1 Å². The zero-order valence-corrected chi connectivity index (χ0v) is 18.1. The van der Waals surface area contributed by atoms with Crippen LogP contribution in [0.2, 0.25) is 0 Å². The van der Waals surface area contributed by atoms with E-state index in [0.717, 1.165) is 25.7 Å². The lowest BCUT2D eigenvalue weighted by atomic mass is 9.48. The highest BCUT2D eigenvalue weighted by Gasteiger charge is 2.64. The van der Waals surface area contributed by atoms with Crippen molar-refractivity contribution in [2.24, 2.45) is 29.1 Å². The van der Waals surface area contributed by atoms with E-state index in [1.807, 2.05) is 6.92 Å². The van der Waals surface area contributed by atoms with Gasteiger partial charge in [0.2, 0.25) is 5.78 Å². The Morgan fingerprint density at radius 3 is 2.67 bits per heavy atom. The number of esters is 1. The second-order valence-electron chi connectivity index (χ2n) is 10.1. The summed E-state index contributed by atoms with van der Waals surface area (Å²) in [5.74, 6) is -0.446. The Kier molecular flexibility index (Phi) is 5.69. The third-order valence-corrected chi connectivity index (χ3v) is 8.69. The van der Waals surface area contributed by atoms with Crippen LogP contribution >= 0.6 is 0 Å². The Morgan fingerprint density at radius 2 is 1.97 bits per heavy atom. The van der Waals surface area contributed by atoms with Crippen molar-refractivity contribution in [2.75, 3.05) is 6.61 Å². The molecule has 4 rings (SSSR count). The first-order valence-corrected chi connectivity index (χ1v) is 11.5. The van der Waals surface area contributed by atoms with Gasteiger partial charge in [-0.1, -0.05) is 19.4 Å². The third kappa shape index (κ3) is 3.18. The average Bonchev–Trinajstić information content (AvgIpc) is 3.07. The van der Waals surface area contributed by atoms with Crippen LogP contribution in [0.1, 0.15) is 71.6 Å². The predicted octanol–water partition coefficient (Wildman–Crippen LogP) is 2.74. The van der Waals surface area contributed by atoms with Crippen molar-refractivity contribution in [3.8, 4) is 0 Å². The number of allylic oxidation sites excluding steroid dienone is 1. The van der Waals surface area contributed by atoms with Crippen LogP contribution in [-0.2, 0) is 19.1 Å². The normalized spacial score (nSPS) is 42.6. The van der Waals surface area contributed by atoms with Gasteiger partial charge in [-0.2, -0.15) is 0 Å². The van der Waals surface area contributed by atoms with Crippen molar-refractivity contribution in [1.82, 2.24) is 0 Å².